The highest BCUT2D eigenvalue weighted by atomic mass is 79.9. The van der Waals surface area contributed by atoms with E-state index in [1.807, 2.05) is 0 Å². The van der Waals surface area contributed by atoms with Crippen molar-refractivity contribution in [2.75, 3.05) is 19.8 Å². The van der Waals surface area contributed by atoms with E-state index in [0.29, 0.717) is 12.3 Å². The maximum Gasteiger partial charge on any atom is 0.344 e. The van der Waals surface area contributed by atoms with Crippen molar-refractivity contribution in [1.29, 1.82) is 0 Å². The molecule has 126 valence electrons. The summed E-state index contributed by atoms with van der Waals surface area (Å²) in [5, 5.41) is 5.00. The number of hydrogen-bond acceptors (Lipinski definition) is 5. The van der Waals surface area contributed by atoms with Gasteiger partial charge in [-0.15, -0.1) is 0 Å². The van der Waals surface area contributed by atoms with Crippen LogP contribution in [-0.4, -0.2) is 43.6 Å². The van der Waals surface area contributed by atoms with Crippen LogP contribution in [0.1, 0.15) is 13.8 Å². The Kier molecular flexibility index (Phi) is 8.10. The van der Waals surface area contributed by atoms with Crippen LogP contribution < -0.4 is 15.4 Å². The highest BCUT2D eigenvalue weighted by Crippen LogP contribution is 2.15. The fraction of sp³-hybridized carbons (Fsp3) is 0.400. The van der Waals surface area contributed by atoms with Gasteiger partial charge < -0.3 is 20.1 Å². The first kappa shape index (κ1) is 19.0. The van der Waals surface area contributed by atoms with E-state index >= 15 is 0 Å². The van der Waals surface area contributed by atoms with Crippen molar-refractivity contribution in [2.24, 2.45) is 0 Å². The molecule has 0 bridgehead atoms. The molecule has 2 amide bonds. The van der Waals surface area contributed by atoms with E-state index in [4.69, 9.17) is 9.47 Å². The van der Waals surface area contributed by atoms with E-state index in [-0.39, 0.29) is 12.5 Å². The average molecular weight is 387 g/mol. The minimum absolute atomic E-state index is 0.300. The molecule has 0 saturated heterocycles. The Balaban J connectivity index is 2.25. The van der Waals surface area contributed by atoms with E-state index in [9.17, 15) is 14.4 Å². The number of amides is 2. The van der Waals surface area contributed by atoms with E-state index in [1.54, 1.807) is 38.1 Å². The number of likely N-dealkylation sites (N-methyl/N-ethyl adjacent to an activating group) is 1. The molecular weight excluding hydrogens is 368 g/mol. The summed E-state index contributed by atoms with van der Waals surface area (Å²) in [6.07, 6.45) is 0. The van der Waals surface area contributed by atoms with Gasteiger partial charge in [-0.3, -0.25) is 9.59 Å². The molecule has 0 unspecified atom stereocenters. The van der Waals surface area contributed by atoms with Crippen LogP contribution in [0, 0.1) is 0 Å². The predicted molar refractivity (Wildman–Crippen MR) is 86.9 cm³/mol. The lowest BCUT2D eigenvalue weighted by molar-refractivity contribution is -0.150. The Hall–Kier alpha value is -2.09. The minimum Gasteiger partial charge on any atom is -0.482 e. The first-order chi connectivity index (χ1) is 10.9. The van der Waals surface area contributed by atoms with Gasteiger partial charge in [-0.25, -0.2) is 4.79 Å². The average Bonchev–Trinajstić information content (AvgIpc) is 2.52. The molecule has 0 aromatic heterocycles. The van der Waals surface area contributed by atoms with Gasteiger partial charge >= 0.3 is 5.97 Å². The molecule has 1 rings (SSSR count). The quantitative estimate of drug-likeness (QED) is 0.650. The number of ether oxygens (including phenoxy) is 2. The Morgan fingerprint density at radius 1 is 1.17 bits per heavy atom. The molecule has 0 aliphatic heterocycles. The van der Waals surface area contributed by atoms with Gasteiger partial charge in [0.1, 0.15) is 11.8 Å². The second kappa shape index (κ2) is 9.83. The molecule has 1 aromatic rings. The third kappa shape index (κ3) is 7.64. The lowest BCUT2D eigenvalue weighted by atomic mass is 10.3. The van der Waals surface area contributed by atoms with Crippen LogP contribution in [0.3, 0.4) is 0 Å². The van der Waals surface area contributed by atoms with Gasteiger partial charge in [-0.1, -0.05) is 15.9 Å². The summed E-state index contributed by atoms with van der Waals surface area (Å²) in [7, 11) is 0. The monoisotopic (exact) mass is 386 g/mol. The summed E-state index contributed by atoms with van der Waals surface area (Å²) in [6.45, 7) is 3.02. The normalized spacial score (nSPS) is 11.3. The zero-order valence-electron chi connectivity index (χ0n) is 12.9. The molecule has 0 aliphatic carbocycles. The van der Waals surface area contributed by atoms with E-state index in [0.717, 1.165) is 4.47 Å². The standard InChI is InChI=1S/C15H19BrN2O5/c1-3-17-15(21)10(2)18-13(19)8-23-14(20)9-22-12-6-4-11(16)5-7-12/h4-7,10H,3,8-9H2,1-2H3,(H,17,21)(H,18,19)/t10-/m1/s1. The summed E-state index contributed by atoms with van der Waals surface area (Å²) in [6, 6.07) is 6.24. The molecule has 8 heteroatoms. The van der Waals surface area contributed by atoms with Gasteiger partial charge in [0.2, 0.25) is 5.91 Å². The second-order valence-corrected chi connectivity index (χ2v) is 5.50. The van der Waals surface area contributed by atoms with Gasteiger partial charge in [-0.2, -0.15) is 0 Å². The van der Waals surface area contributed by atoms with Crippen molar-refractivity contribution in [3.8, 4) is 5.75 Å². The van der Waals surface area contributed by atoms with Gasteiger partial charge in [0.05, 0.1) is 0 Å². The number of carbonyl (C=O) groups is 3. The first-order valence-corrected chi connectivity index (χ1v) is 7.82. The van der Waals surface area contributed by atoms with Gasteiger partial charge in [0.25, 0.3) is 5.91 Å². The summed E-state index contributed by atoms with van der Waals surface area (Å²) >= 11 is 3.29. The molecule has 1 aromatic carbocycles. The molecule has 2 N–H and O–H groups in total. The molecule has 0 heterocycles. The predicted octanol–water partition coefficient (Wildman–Crippen LogP) is 1.01. The van der Waals surface area contributed by atoms with Crippen molar-refractivity contribution >= 4 is 33.7 Å². The highest BCUT2D eigenvalue weighted by Gasteiger charge is 2.15. The third-order valence-electron chi connectivity index (χ3n) is 2.66. The summed E-state index contributed by atoms with van der Waals surface area (Å²) < 4.78 is 10.9. The molecule has 0 saturated carbocycles. The molecule has 0 radical (unpaired) electrons. The first-order valence-electron chi connectivity index (χ1n) is 7.03. The molecular formula is C15H19BrN2O5. The van der Waals surface area contributed by atoms with Crippen LogP contribution in [0.15, 0.2) is 28.7 Å². The zero-order valence-corrected chi connectivity index (χ0v) is 14.5. The largest absolute Gasteiger partial charge is 0.482 e. The van der Waals surface area contributed by atoms with E-state index in [1.165, 1.54) is 0 Å². The lowest BCUT2D eigenvalue weighted by Gasteiger charge is -2.13. The Morgan fingerprint density at radius 2 is 1.83 bits per heavy atom. The zero-order chi connectivity index (χ0) is 17.2. The minimum atomic E-state index is -0.694. The van der Waals surface area contributed by atoms with Gasteiger partial charge in [-0.05, 0) is 38.1 Å². The van der Waals surface area contributed by atoms with Crippen LogP contribution in [0.25, 0.3) is 0 Å². The fourth-order valence-electron chi connectivity index (χ4n) is 1.54. The Morgan fingerprint density at radius 3 is 2.43 bits per heavy atom. The van der Waals surface area contributed by atoms with Gasteiger partial charge in [0.15, 0.2) is 13.2 Å². The van der Waals surface area contributed by atoms with Crippen molar-refractivity contribution in [2.45, 2.75) is 19.9 Å². The molecule has 0 spiro atoms. The number of carbonyl (C=O) groups excluding carboxylic acids is 3. The van der Waals surface area contributed by atoms with Crippen LogP contribution in [0.4, 0.5) is 0 Å². The van der Waals surface area contributed by atoms with Crippen LogP contribution >= 0.6 is 15.9 Å². The van der Waals surface area contributed by atoms with Crippen molar-refractivity contribution < 1.29 is 23.9 Å². The number of nitrogens with one attached hydrogen (secondary N) is 2. The number of esters is 1. The SMILES string of the molecule is CCNC(=O)[C@@H](C)NC(=O)COC(=O)COc1ccc(Br)cc1. The Bertz CT molecular complexity index is 547. The highest BCUT2D eigenvalue weighted by molar-refractivity contribution is 9.10. The maximum absolute atomic E-state index is 11.6. The van der Waals surface area contributed by atoms with Crippen molar-refractivity contribution in [3.63, 3.8) is 0 Å². The van der Waals surface area contributed by atoms with Crippen LogP contribution in [-0.2, 0) is 19.1 Å². The second-order valence-electron chi connectivity index (χ2n) is 4.59. The van der Waals surface area contributed by atoms with E-state index in [2.05, 4.69) is 26.6 Å². The fourth-order valence-corrected chi connectivity index (χ4v) is 1.80. The summed E-state index contributed by atoms with van der Waals surface area (Å²) in [5.74, 6) is -1.01. The topological polar surface area (TPSA) is 93.7 Å². The molecule has 23 heavy (non-hydrogen) atoms. The molecule has 0 fully saturated rings. The van der Waals surface area contributed by atoms with Crippen LogP contribution in [0.2, 0.25) is 0 Å². The van der Waals surface area contributed by atoms with Crippen molar-refractivity contribution in [1.82, 2.24) is 10.6 Å². The summed E-state index contributed by atoms with van der Waals surface area (Å²) in [5.41, 5.74) is 0. The van der Waals surface area contributed by atoms with Crippen molar-refractivity contribution in [3.05, 3.63) is 28.7 Å². The number of benzene rings is 1. The number of hydrogen-bond donors (Lipinski definition) is 2. The third-order valence-corrected chi connectivity index (χ3v) is 3.19. The maximum atomic E-state index is 11.6. The lowest BCUT2D eigenvalue weighted by Crippen LogP contribution is -2.46. The number of rotatable bonds is 8. The number of halogens is 1. The summed E-state index contributed by atoms with van der Waals surface area (Å²) in [4.78, 5) is 34.5. The van der Waals surface area contributed by atoms with E-state index < -0.39 is 24.5 Å². The van der Waals surface area contributed by atoms with Crippen LogP contribution in [0.5, 0.6) is 5.75 Å². The molecule has 0 aliphatic rings. The molecule has 7 nitrogen and oxygen atoms in total. The van der Waals surface area contributed by atoms with Gasteiger partial charge in [0, 0.05) is 11.0 Å². The molecule has 1 atom stereocenters. The Labute approximate surface area is 142 Å². The smallest absolute Gasteiger partial charge is 0.344 e.